The molecule has 1 aromatic rings. The molecule has 1 atom stereocenters. The summed E-state index contributed by atoms with van der Waals surface area (Å²) in [5.41, 5.74) is -0.247. The van der Waals surface area contributed by atoms with Gasteiger partial charge in [-0.1, -0.05) is 48.8 Å². The van der Waals surface area contributed by atoms with Gasteiger partial charge in [-0.05, 0) is 37.2 Å². The number of halogens is 1. The maximum atomic E-state index is 11.9. The van der Waals surface area contributed by atoms with Crippen LogP contribution in [-0.2, 0) is 10.3 Å². The Hall–Kier alpha value is -0.910. The third kappa shape index (κ3) is 4.53. The summed E-state index contributed by atoms with van der Waals surface area (Å²) in [5.74, 6) is -0.831. The van der Waals surface area contributed by atoms with Crippen LogP contribution in [0.25, 0.3) is 0 Å². The van der Waals surface area contributed by atoms with Crippen LogP contribution >= 0.6 is 15.9 Å². The summed E-state index contributed by atoms with van der Waals surface area (Å²) >= 11 is 3.42. The van der Waals surface area contributed by atoms with E-state index in [0.29, 0.717) is 13.0 Å². The Labute approximate surface area is 135 Å². The van der Waals surface area contributed by atoms with Crippen LogP contribution in [0.4, 0.5) is 0 Å². The average molecular weight is 357 g/mol. The molecule has 118 valence electrons. The number of hydrogen-bond acceptors (Lipinski definition) is 3. The summed E-state index contributed by atoms with van der Waals surface area (Å²) in [6, 6.07) is 7.52. The molecule has 0 aromatic heterocycles. The van der Waals surface area contributed by atoms with Crippen molar-refractivity contribution in [2.75, 3.05) is 26.2 Å². The molecule has 4 nitrogen and oxygen atoms in total. The minimum Gasteiger partial charge on any atom is -0.480 e. The van der Waals surface area contributed by atoms with Gasteiger partial charge in [-0.2, -0.15) is 0 Å². The van der Waals surface area contributed by atoms with E-state index in [1.165, 1.54) is 0 Å². The molecule has 0 heterocycles. The Kier molecular flexibility index (Phi) is 7.35. The molecule has 0 aliphatic carbocycles. The number of benzene rings is 1. The quantitative estimate of drug-likeness (QED) is 0.713. The van der Waals surface area contributed by atoms with Gasteiger partial charge in [0.05, 0.1) is 0 Å². The van der Waals surface area contributed by atoms with Gasteiger partial charge < -0.3 is 10.0 Å². The van der Waals surface area contributed by atoms with Crippen LogP contribution < -0.4 is 5.32 Å². The Bertz CT molecular complexity index is 463. The molecule has 1 aromatic carbocycles. The van der Waals surface area contributed by atoms with Crippen molar-refractivity contribution in [3.8, 4) is 0 Å². The highest BCUT2D eigenvalue weighted by atomic mass is 79.9. The molecule has 0 amide bonds. The van der Waals surface area contributed by atoms with Gasteiger partial charge in [0.2, 0.25) is 0 Å². The third-order valence-corrected chi connectivity index (χ3v) is 4.46. The lowest BCUT2D eigenvalue weighted by atomic mass is 9.87. The highest BCUT2D eigenvalue weighted by Gasteiger charge is 2.38. The number of nitrogens with one attached hydrogen (secondary N) is 1. The molecule has 5 heteroatoms. The first-order chi connectivity index (χ1) is 10.00. The van der Waals surface area contributed by atoms with Crippen LogP contribution in [-0.4, -0.2) is 42.2 Å². The fourth-order valence-corrected chi connectivity index (χ4v) is 2.90. The lowest BCUT2D eigenvalue weighted by Gasteiger charge is -2.31. The Morgan fingerprint density at radius 1 is 1.33 bits per heavy atom. The molecule has 21 heavy (non-hydrogen) atoms. The first-order valence-electron chi connectivity index (χ1n) is 7.47. The molecular formula is C16H25BrN2O2. The topological polar surface area (TPSA) is 52.6 Å². The van der Waals surface area contributed by atoms with E-state index in [4.69, 9.17) is 0 Å². The van der Waals surface area contributed by atoms with Crippen molar-refractivity contribution >= 4 is 21.9 Å². The lowest BCUT2D eigenvalue weighted by Crippen LogP contribution is -2.51. The number of nitrogens with zero attached hydrogens (tertiary/aromatic N) is 1. The minimum atomic E-state index is -1.03. The normalized spacial score (nSPS) is 14.1. The second-order valence-corrected chi connectivity index (χ2v) is 5.94. The minimum absolute atomic E-state index is 0.497. The molecule has 2 N–H and O–H groups in total. The Morgan fingerprint density at radius 2 is 2.00 bits per heavy atom. The van der Waals surface area contributed by atoms with E-state index in [2.05, 4.69) is 40.0 Å². The smallest absolute Gasteiger partial charge is 0.328 e. The maximum absolute atomic E-state index is 11.9. The number of carboxylic acids is 1. The van der Waals surface area contributed by atoms with Crippen molar-refractivity contribution in [2.45, 2.75) is 32.7 Å². The number of carboxylic acid groups (broad SMARTS) is 1. The van der Waals surface area contributed by atoms with Gasteiger partial charge in [0.25, 0.3) is 0 Å². The van der Waals surface area contributed by atoms with Crippen LogP contribution in [0.3, 0.4) is 0 Å². The van der Waals surface area contributed by atoms with Gasteiger partial charge >= 0.3 is 5.97 Å². The molecule has 0 aliphatic rings. The highest BCUT2D eigenvalue weighted by Crippen LogP contribution is 2.27. The fraction of sp³-hybridized carbons (Fsp3) is 0.562. The van der Waals surface area contributed by atoms with Crippen molar-refractivity contribution in [1.82, 2.24) is 10.2 Å². The van der Waals surface area contributed by atoms with Gasteiger partial charge in [-0.15, -0.1) is 0 Å². The van der Waals surface area contributed by atoms with Crippen LogP contribution in [0.1, 0.15) is 32.8 Å². The van der Waals surface area contributed by atoms with Crippen LogP contribution in [0.15, 0.2) is 28.7 Å². The Balaban J connectivity index is 2.92. The predicted octanol–water partition coefficient (Wildman–Crippen LogP) is 3.07. The number of aliphatic carboxylic acids is 1. The SMILES string of the molecule is CCN(CC)CCNC(CC)(C(=O)O)c1cccc(Br)c1. The molecule has 1 rings (SSSR count). The summed E-state index contributed by atoms with van der Waals surface area (Å²) in [5, 5.41) is 13.0. The van der Waals surface area contributed by atoms with Crippen molar-refractivity contribution in [3.05, 3.63) is 34.3 Å². The molecular weight excluding hydrogens is 332 g/mol. The van der Waals surface area contributed by atoms with Crippen LogP contribution in [0, 0.1) is 0 Å². The van der Waals surface area contributed by atoms with E-state index < -0.39 is 11.5 Å². The van der Waals surface area contributed by atoms with E-state index in [0.717, 1.165) is 29.7 Å². The summed E-state index contributed by atoms with van der Waals surface area (Å²) in [7, 11) is 0. The molecule has 1 unspecified atom stereocenters. The van der Waals surface area contributed by atoms with E-state index in [1.807, 2.05) is 31.2 Å². The first-order valence-corrected chi connectivity index (χ1v) is 8.26. The second-order valence-electron chi connectivity index (χ2n) is 5.03. The summed E-state index contributed by atoms with van der Waals surface area (Å²) < 4.78 is 0.893. The van der Waals surface area contributed by atoms with E-state index in [9.17, 15) is 9.90 Å². The molecule has 0 bridgehead atoms. The number of rotatable bonds is 9. The van der Waals surface area contributed by atoms with Crippen molar-refractivity contribution in [2.24, 2.45) is 0 Å². The summed E-state index contributed by atoms with van der Waals surface area (Å²) in [6.07, 6.45) is 0.497. The third-order valence-electron chi connectivity index (χ3n) is 3.96. The molecule has 0 saturated carbocycles. The van der Waals surface area contributed by atoms with Gasteiger partial charge in [0.15, 0.2) is 0 Å². The zero-order valence-corrected chi connectivity index (χ0v) is 14.6. The van der Waals surface area contributed by atoms with Crippen LogP contribution in [0.5, 0.6) is 0 Å². The summed E-state index contributed by atoms with van der Waals surface area (Å²) in [6.45, 7) is 9.57. The van der Waals surface area contributed by atoms with Gasteiger partial charge in [0.1, 0.15) is 5.54 Å². The van der Waals surface area contributed by atoms with Crippen molar-refractivity contribution in [3.63, 3.8) is 0 Å². The van der Waals surface area contributed by atoms with Crippen molar-refractivity contribution < 1.29 is 9.90 Å². The van der Waals surface area contributed by atoms with Gasteiger partial charge in [-0.25, -0.2) is 4.79 Å². The molecule has 0 spiro atoms. The van der Waals surface area contributed by atoms with Gasteiger partial charge in [0, 0.05) is 17.6 Å². The molecule has 0 saturated heterocycles. The van der Waals surface area contributed by atoms with E-state index in [1.54, 1.807) is 0 Å². The lowest BCUT2D eigenvalue weighted by molar-refractivity contribution is -0.145. The van der Waals surface area contributed by atoms with Gasteiger partial charge in [-0.3, -0.25) is 5.32 Å². The molecule has 0 radical (unpaired) electrons. The standard InChI is InChI=1S/C16H25BrN2O2/c1-4-16(15(20)21,13-8-7-9-14(17)12-13)18-10-11-19(5-2)6-3/h7-9,12,18H,4-6,10-11H2,1-3H3,(H,20,21). The largest absolute Gasteiger partial charge is 0.480 e. The summed E-state index contributed by atoms with van der Waals surface area (Å²) in [4.78, 5) is 14.2. The monoisotopic (exact) mass is 356 g/mol. The first kappa shape index (κ1) is 18.1. The second kappa shape index (κ2) is 8.51. The maximum Gasteiger partial charge on any atom is 0.328 e. The Morgan fingerprint density at radius 3 is 2.48 bits per heavy atom. The zero-order chi connectivity index (χ0) is 15.9. The zero-order valence-electron chi connectivity index (χ0n) is 13.0. The van der Waals surface area contributed by atoms with E-state index in [-0.39, 0.29) is 0 Å². The average Bonchev–Trinajstić information content (AvgIpc) is 2.47. The number of carbonyl (C=O) groups is 1. The fourth-order valence-electron chi connectivity index (χ4n) is 2.50. The highest BCUT2D eigenvalue weighted by molar-refractivity contribution is 9.10. The number of hydrogen-bond donors (Lipinski definition) is 2. The number of likely N-dealkylation sites (N-methyl/N-ethyl adjacent to an activating group) is 1. The van der Waals surface area contributed by atoms with Crippen molar-refractivity contribution in [1.29, 1.82) is 0 Å². The van der Waals surface area contributed by atoms with E-state index >= 15 is 0 Å². The molecule has 0 fully saturated rings. The molecule has 0 aliphatic heterocycles. The predicted molar refractivity (Wildman–Crippen MR) is 89.5 cm³/mol. The van der Waals surface area contributed by atoms with Crippen LogP contribution in [0.2, 0.25) is 0 Å².